The highest BCUT2D eigenvalue weighted by Crippen LogP contribution is 2.08. The third kappa shape index (κ3) is 10.8. The fourth-order valence-corrected chi connectivity index (χ4v) is 3.80. The first-order valence-electron chi connectivity index (χ1n) is 11.0. The minimum Gasteiger partial charge on any atom is -0.480 e. The van der Waals surface area contributed by atoms with E-state index in [4.69, 9.17) is 11.5 Å². The van der Waals surface area contributed by atoms with Crippen molar-refractivity contribution in [1.82, 2.24) is 21.3 Å². The van der Waals surface area contributed by atoms with Gasteiger partial charge < -0.3 is 37.8 Å². The first-order valence-corrected chi connectivity index (χ1v) is 12.4. The van der Waals surface area contributed by atoms with Crippen LogP contribution in [0, 0.1) is 0 Å². The number of hydrogen-bond acceptors (Lipinski definition) is 8. The number of rotatable bonds is 16. The Morgan fingerprint density at radius 2 is 1.44 bits per heavy atom. The van der Waals surface area contributed by atoms with Crippen LogP contribution in [0.25, 0.3) is 0 Å². The normalized spacial score (nSPS) is 17.7. The minimum atomic E-state index is -1.28. The molecule has 1 aliphatic heterocycles. The Balaban J connectivity index is 2.95. The van der Waals surface area contributed by atoms with Gasteiger partial charge in [0.2, 0.25) is 29.5 Å². The zero-order valence-corrected chi connectivity index (χ0v) is 19.9. The van der Waals surface area contributed by atoms with Gasteiger partial charge in [-0.1, -0.05) is 0 Å². The van der Waals surface area contributed by atoms with Gasteiger partial charge in [0.05, 0.1) is 6.04 Å². The Morgan fingerprint density at radius 1 is 0.912 bits per heavy atom. The third-order valence-corrected chi connectivity index (χ3v) is 5.87. The van der Waals surface area contributed by atoms with E-state index in [0.29, 0.717) is 18.7 Å². The molecule has 9 N–H and O–H groups in total. The second-order valence-electron chi connectivity index (χ2n) is 7.96. The lowest BCUT2D eigenvalue weighted by Gasteiger charge is -2.25. The summed E-state index contributed by atoms with van der Waals surface area (Å²) in [7, 11) is 0. The van der Waals surface area contributed by atoms with E-state index in [0.717, 1.165) is 6.42 Å². The highest BCUT2D eigenvalue weighted by Gasteiger charge is 2.31. The number of carboxylic acid groups (broad SMARTS) is 1. The molecule has 0 aromatic rings. The van der Waals surface area contributed by atoms with Gasteiger partial charge in [0.15, 0.2) is 0 Å². The quantitative estimate of drug-likeness (QED) is 0.119. The number of carbonyl (C=O) groups is 6. The van der Waals surface area contributed by atoms with Gasteiger partial charge in [-0.2, -0.15) is 11.8 Å². The van der Waals surface area contributed by atoms with Gasteiger partial charge >= 0.3 is 5.97 Å². The zero-order valence-electron chi connectivity index (χ0n) is 19.1. The highest BCUT2D eigenvalue weighted by atomic mass is 32.2. The maximum atomic E-state index is 12.9. The molecule has 1 rings (SSSR count). The Bertz CT molecular complexity index is 760. The van der Waals surface area contributed by atoms with Crippen molar-refractivity contribution >= 4 is 47.3 Å². The van der Waals surface area contributed by atoms with Gasteiger partial charge in [-0.15, -0.1) is 0 Å². The molecule has 14 heteroatoms. The molecule has 0 aromatic carbocycles. The number of amides is 5. The van der Waals surface area contributed by atoms with Crippen LogP contribution in [-0.4, -0.2) is 83.3 Å². The van der Waals surface area contributed by atoms with Crippen LogP contribution < -0.4 is 32.7 Å². The summed E-state index contributed by atoms with van der Waals surface area (Å²) in [5.41, 5.74) is 10.3. The summed E-state index contributed by atoms with van der Waals surface area (Å²) in [6.45, 7) is 0.660. The van der Waals surface area contributed by atoms with Crippen LogP contribution >= 0.6 is 11.8 Å². The molecule has 4 unspecified atom stereocenters. The molecular formula is C20H34N6O7S. The lowest BCUT2D eigenvalue weighted by atomic mass is 10.1. The second-order valence-corrected chi connectivity index (χ2v) is 8.95. The molecule has 1 fully saturated rings. The van der Waals surface area contributed by atoms with Crippen LogP contribution in [0.2, 0.25) is 0 Å². The van der Waals surface area contributed by atoms with Crippen molar-refractivity contribution in [2.75, 3.05) is 18.6 Å². The summed E-state index contributed by atoms with van der Waals surface area (Å²) in [6, 6.07) is -4.12. The molecule has 0 aromatic heterocycles. The van der Waals surface area contributed by atoms with E-state index in [9.17, 15) is 33.9 Å². The molecule has 4 atom stereocenters. The van der Waals surface area contributed by atoms with Crippen molar-refractivity contribution in [3.05, 3.63) is 0 Å². The van der Waals surface area contributed by atoms with Crippen molar-refractivity contribution in [1.29, 1.82) is 0 Å². The third-order valence-electron chi connectivity index (χ3n) is 5.23. The number of nitrogens with one attached hydrogen (secondary N) is 4. The zero-order chi connectivity index (χ0) is 25.7. The van der Waals surface area contributed by atoms with Crippen molar-refractivity contribution in [2.24, 2.45) is 11.5 Å². The number of hydrogen-bond donors (Lipinski definition) is 7. The number of carboxylic acids is 1. The summed E-state index contributed by atoms with van der Waals surface area (Å²) in [6.07, 6.45) is 2.62. The Kier molecular flexibility index (Phi) is 13.0. The summed E-state index contributed by atoms with van der Waals surface area (Å²) in [5.74, 6) is -4.15. The van der Waals surface area contributed by atoms with E-state index < -0.39 is 59.7 Å². The molecule has 0 saturated carbocycles. The van der Waals surface area contributed by atoms with Crippen LogP contribution in [0.5, 0.6) is 0 Å². The molecule has 1 saturated heterocycles. The number of nitrogens with two attached hydrogens (primary N) is 2. The molecule has 0 radical (unpaired) electrons. The van der Waals surface area contributed by atoms with Crippen LogP contribution in [0.15, 0.2) is 0 Å². The molecule has 13 nitrogen and oxygen atoms in total. The number of aliphatic carboxylic acids is 1. The second kappa shape index (κ2) is 15.1. The van der Waals surface area contributed by atoms with Crippen LogP contribution in [0.1, 0.15) is 44.9 Å². The topological polar surface area (TPSA) is 223 Å². The van der Waals surface area contributed by atoms with Gasteiger partial charge in [-0.05, 0) is 50.7 Å². The van der Waals surface area contributed by atoms with E-state index in [-0.39, 0.29) is 32.1 Å². The van der Waals surface area contributed by atoms with E-state index >= 15 is 0 Å². The first kappa shape index (κ1) is 29.2. The average molecular weight is 503 g/mol. The van der Waals surface area contributed by atoms with Gasteiger partial charge in [-0.25, -0.2) is 4.79 Å². The fraction of sp³-hybridized carbons (Fsp3) is 0.700. The maximum absolute atomic E-state index is 12.9. The molecule has 1 aliphatic rings. The lowest BCUT2D eigenvalue weighted by Crippen LogP contribution is -2.57. The number of thioether (sulfide) groups is 1. The van der Waals surface area contributed by atoms with Crippen LogP contribution in [0.3, 0.4) is 0 Å². The van der Waals surface area contributed by atoms with E-state index in [1.807, 2.05) is 0 Å². The molecule has 1 heterocycles. The van der Waals surface area contributed by atoms with Crippen molar-refractivity contribution in [3.8, 4) is 0 Å². The molecule has 0 aliphatic carbocycles. The van der Waals surface area contributed by atoms with E-state index in [2.05, 4.69) is 21.3 Å². The van der Waals surface area contributed by atoms with Gasteiger partial charge in [-0.3, -0.25) is 24.0 Å². The average Bonchev–Trinajstić information content (AvgIpc) is 3.31. The summed E-state index contributed by atoms with van der Waals surface area (Å²) >= 11 is 1.41. The maximum Gasteiger partial charge on any atom is 0.326 e. The summed E-state index contributed by atoms with van der Waals surface area (Å²) in [5, 5.41) is 19.7. The summed E-state index contributed by atoms with van der Waals surface area (Å²) in [4.78, 5) is 72.2. The molecule has 5 amide bonds. The largest absolute Gasteiger partial charge is 0.480 e. The lowest BCUT2D eigenvalue weighted by molar-refractivity contribution is -0.142. The molecule has 192 valence electrons. The standard InChI is InChI=1S/C20H34N6O7S/c1-34-10-8-14(20(32)33)26-19(31)13(5-7-16(22)28)25-18(30)12(4-6-15(21)27)24-17(29)11-3-2-9-23-11/h11-14,23H,2-10H2,1H3,(H2,21,27)(H2,22,28)(H,24,29)(H,25,30)(H,26,31)(H,32,33). The molecular weight excluding hydrogens is 468 g/mol. The number of primary amides is 2. The monoisotopic (exact) mass is 502 g/mol. The van der Waals surface area contributed by atoms with Crippen molar-refractivity contribution < 1.29 is 33.9 Å². The minimum absolute atomic E-state index is 0.102. The van der Waals surface area contributed by atoms with Gasteiger partial charge in [0.1, 0.15) is 18.1 Å². The SMILES string of the molecule is CSCCC(NC(=O)C(CCC(N)=O)NC(=O)C(CCC(N)=O)NC(=O)C1CCCN1)C(=O)O. The van der Waals surface area contributed by atoms with Crippen molar-refractivity contribution in [3.63, 3.8) is 0 Å². The van der Waals surface area contributed by atoms with Crippen molar-refractivity contribution in [2.45, 2.75) is 69.1 Å². The first-order chi connectivity index (χ1) is 16.0. The molecule has 0 bridgehead atoms. The number of carbonyl (C=O) groups excluding carboxylic acids is 5. The molecule has 0 spiro atoms. The predicted molar refractivity (Wildman–Crippen MR) is 124 cm³/mol. The van der Waals surface area contributed by atoms with Crippen LogP contribution in [0.4, 0.5) is 0 Å². The Labute approximate surface area is 201 Å². The summed E-state index contributed by atoms with van der Waals surface area (Å²) < 4.78 is 0. The Morgan fingerprint density at radius 3 is 1.88 bits per heavy atom. The fourth-order valence-electron chi connectivity index (χ4n) is 3.33. The Hall–Kier alpha value is -2.87. The molecule has 34 heavy (non-hydrogen) atoms. The predicted octanol–water partition coefficient (Wildman–Crippen LogP) is -2.44. The van der Waals surface area contributed by atoms with Gasteiger partial charge in [0.25, 0.3) is 0 Å². The van der Waals surface area contributed by atoms with E-state index in [1.54, 1.807) is 6.26 Å². The smallest absolute Gasteiger partial charge is 0.326 e. The highest BCUT2D eigenvalue weighted by molar-refractivity contribution is 7.98. The van der Waals surface area contributed by atoms with E-state index in [1.165, 1.54) is 11.8 Å². The van der Waals surface area contributed by atoms with Gasteiger partial charge in [0, 0.05) is 12.8 Å². The van der Waals surface area contributed by atoms with Crippen LogP contribution in [-0.2, 0) is 28.8 Å².